The minimum atomic E-state index is -1.27. The van der Waals surface area contributed by atoms with Crippen LogP contribution in [0.1, 0.15) is 80.6 Å². The van der Waals surface area contributed by atoms with Crippen molar-refractivity contribution in [2.24, 2.45) is 5.92 Å². The molecule has 1 fully saturated rings. The second-order valence-electron chi connectivity index (χ2n) is 7.57. The van der Waals surface area contributed by atoms with Gasteiger partial charge >= 0.3 is 5.97 Å². The van der Waals surface area contributed by atoms with E-state index in [0.717, 1.165) is 19.3 Å². The van der Waals surface area contributed by atoms with Crippen LogP contribution in [0.2, 0.25) is 0 Å². The summed E-state index contributed by atoms with van der Waals surface area (Å²) in [5.74, 6) is -2.19. The highest BCUT2D eigenvalue weighted by atomic mass is 17.3. The molecule has 1 atom stereocenters. The van der Waals surface area contributed by atoms with Gasteiger partial charge in [0, 0.05) is 6.42 Å². The highest BCUT2D eigenvalue weighted by molar-refractivity contribution is 5.74. The van der Waals surface area contributed by atoms with Crippen LogP contribution in [-0.2, 0) is 29.1 Å². The van der Waals surface area contributed by atoms with E-state index in [9.17, 15) is 4.79 Å². The van der Waals surface area contributed by atoms with Gasteiger partial charge in [0.05, 0.1) is 17.8 Å². The van der Waals surface area contributed by atoms with Crippen LogP contribution in [0.5, 0.6) is 0 Å². The quantitative estimate of drug-likeness (QED) is 0.254. The molecule has 0 spiro atoms. The molecule has 1 aliphatic rings. The molecule has 0 heterocycles. The molecular formula is C18H34O6. The molecule has 0 N–H and O–H groups in total. The summed E-state index contributed by atoms with van der Waals surface area (Å²) in [5, 5.41) is 0. The van der Waals surface area contributed by atoms with Crippen LogP contribution in [0.3, 0.4) is 0 Å². The fourth-order valence-electron chi connectivity index (χ4n) is 2.18. The van der Waals surface area contributed by atoms with Gasteiger partial charge in [-0.1, -0.05) is 13.8 Å². The predicted molar refractivity (Wildman–Crippen MR) is 89.8 cm³/mol. The molecule has 0 radical (unpaired) electrons. The van der Waals surface area contributed by atoms with Crippen LogP contribution in [0, 0.1) is 5.92 Å². The van der Waals surface area contributed by atoms with Gasteiger partial charge in [-0.2, -0.15) is 9.78 Å². The molecule has 142 valence electrons. The Morgan fingerprint density at radius 1 is 1.00 bits per heavy atom. The van der Waals surface area contributed by atoms with E-state index in [1.807, 2.05) is 41.5 Å². The first kappa shape index (κ1) is 21.4. The van der Waals surface area contributed by atoms with E-state index in [0.29, 0.717) is 19.4 Å². The molecule has 1 saturated carbocycles. The monoisotopic (exact) mass is 346 g/mol. The van der Waals surface area contributed by atoms with Crippen molar-refractivity contribution in [1.29, 1.82) is 0 Å². The molecule has 6 nitrogen and oxygen atoms in total. The van der Waals surface area contributed by atoms with E-state index < -0.39 is 22.9 Å². The van der Waals surface area contributed by atoms with Crippen molar-refractivity contribution in [2.45, 2.75) is 97.6 Å². The van der Waals surface area contributed by atoms with Crippen LogP contribution in [-0.4, -0.2) is 29.6 Å². The van der Waals surface area contributed by atoms with E-state index in [-0.39, 0.29) is 5.97 Å². The van der Waals surface area contributed by atoms with E-state index in [1.54, 1.807) is 6.92 Å². The highest BCUT2D eigenvalue weighted by Crippen LogP contribution is 2.43. The Labute approximate surface area is 146 Å². The topological polar surface area (TPSA) is 63.2 Å². The fourth-order valence-corrected chi connectivity index (χ4v) is 2.18. The number of hydrogen-bond acceptors (Lipinski definition) is 6. The van der Waals surface area contributed by atoms with Gasteiger partial charge in [0.25, 0.3) is 0 Å². The van der Waals surface area contributed by atoms with Crippen molar-refractivity contribution in [3.63, 3.8) is 0 Å². The normalized spacial score (nSPS) is 21.0. The summed E-state index contributed by atoms with van der Waals surface area (Å²) in [6.07, 6.45) is 3.42. The smallest absolute Gasteiger partial charge is 0.314 e. The van der Waals surface area contributed by atoms with Crippen molar-refractivity contribution in [3.8, 4) is 0 Å². The lowest BCUT2D eigenvalue weighted by Crippen LogP contribution is -2.47. The molecule has 0 aliphatic heterocycles. The van der Waals surface area contributed by atoms with Gasteiger partial charge in [0.15, 0.2) is 0 Å². The first-order chi connectivity index (χ1) is 11.1. The maximum absolute atomic E-state index is 12.4. The minimum Gasteiger partial charge on any atom is -0.466 e. The van der Waals surface area contributed by atoms with Crippen molar-refractivity contribution in [3.05, 3.63) is 0 Å². The first-order valence-corrected chi connectivity index (χ1v) is 9.01. The summed E-state index contributed by atoms with van der Waals surface area (Å²) in [4.78, 5) is 35.0. The van der Waals surface area contributed by atoms with E-state index >= 15 is 0 Å². The average Bonchev–Trinajstić information content (AvgIpc) is 2.96. The number of esters is 1. The van der Waals surface area contributed by atoms with Crippen LogP contribution in [0.25, 0.3) is 0 Å². The zero-order valence-electron chi connectivity index (χ0n) is 16.3. The Morgan fingerprint density at radius 3 is 1.92 bits per heavy atom. The summed E-state index contributed by atoms with van der Waals surface area (Å²) in [7, 11) is 0. The molecule has 0 aromatic heterocycles. The number of carbonyl (C=O) groups excluding carboxylic acids is 1. The molecule has 0 aromatic carbocycles. The van der Waals surface area contributed by atoms with Gasteiger partial charge in [-0.05, 0) is 60.3 Å². The summed E-state index contributed by atoms with van der Waals surface area (Å²) in [6.45, 7) is 13.8. The Balaban J connectivity index is 2.94. The van der Waals surface area contributed by atoms with Gasteiger partial charge in [-0.15, -0.1) is 0 Å². The highest BCUT2D eigenvalue weighted by Gasteiger charge is 2.54. The lowest BCUT2D eigenvalue weighted by atomic mass is 10.0. The zero-order valence-corrected chi connectivity index (χ0v) is 16.3. The Hall–Kier alpha value is -0.690. The zero-order chi connectivity index (χ0) is 18.4. The lowest BCUT2D eigenvalue weighted by molar-refractivity contribution is -0.548. The largest absolute Gasteiger partial charge is 0.466 e. The van der Waals surface area contributed by atoms with Gasteiger partial charge in [-0.25, -0.2) is 9.78 Å². The molecule has 0 saturated heterocycles. The third kappa shape index (κ3) is 5.69. The number of hydrogen-bond donors (Lipinski definition) is 0. The number of carbonyl (C=O) groups is 1. The second kappa shape index (κ2) is 8.61. The van der Waals surface area contributed by atoms with E-state index in [1.165, 1.54) is 0 Å². The third-order valence-corrected chi connectivity index (χ3v) is 4.64. The number of ether oxygens (including phenoxy) is 1. The standard InChI is InChI=1S/C18H34O6/c1-8-16(4,5)21-23-18(24-22-17(6,7)9-2)13-11-12-14(18)15(19)20-10-3/h14H,8-13H2,1-7H3. The summed E-state index contributed by atoms with van der Waals surface area (Å²) in [6, 6.07) is 0. The average molecular weight is 346 g/mol. The van der Waals surface area contributed by atoms with Crippen LogP contribution in [0.15, 0.2) is 0 Å². The van der Waals surface area contributed by atoms with E-state index in [2.05, 4.69) is 0 Å². The molecule has 0 amide bonds. The fraction of sp³-hybridized carbons (Fsp3) is 0.944. The summed E-state index contributed by atoms with van der Waals surface area (Å²) in [5.41, 5.74) is -0.975. The van der Waals surface area contributed by atoms with Crippen molar-refractivity contribution < 1.29 is 29.1 Å². The molecule has 1 unspecified atom stereocenters. The lowest BCUT2D eigenvalue weighted by Gasteiger charge is -2.36. The van der Waals surface area contributed by atoms with Gasteiger partial charge in [0.2, 0.25) is 5.79 Å². The summed E-state index contributed by atoms with van der Waals surface area (Å²) < 4.78 is 5.19. The van der Waals surface area contributed by atoms with Gasteiger partial charge in [-0.3, -0.25) is 4.79 Å². The minimum absolute atomic E-state index is 0.314. The predicted octanol–water partition coefficient (Wildman–Crippen LogP) is 4.32. The van der Waals surface area contributed by atoms with Gasteiger partial charge < -0.3 is 4.74 Å². The maximum Gasteiger partial charge on any atom is 0.314 e. The molecule has 6 heteroatoms. The first-order valence-electron chi connectivity index (χ1n) is 9.01. The Morgan fingerprint density at radius 2 is 1.50 bits per heavy atom. The Kier molecular flexibility index (Phi) is 7.66. The van der Waals surface area contributed by atoms with Crippen molar-refractivity contribution in [1.82, 2.24) is 0 Å². The molecule has 24 heavy (non-hydrogen) atoms. The van der Waals surface area contributed by atoms with Crippen LogP contribution >= 0.6 is 0 Å². The van der Waals surface area contributed by atoms with Crippen molar-refractivity contribution >= 4 is 5.97 Å². The SMILES string of the molecule is CCOC(=O)C1CCCC1(OOC(C)(C)CC)OOC(C)(C)CC. The second-order valence-corrected chi connectivity index (χ2v) is 7.57. The van der Waals surface area contributed by atoms with Crippen LogP contribution < -0.4 is 0 Å². The van der Waals surface area contributed by atoms with E-state index in [4.69, 9.17) is 24.3 Å². The van der Waals surface area contributed by atoms with Crippen LogP contribution in [0.4, 0.5) is 0 Å². The molecule has 0 aromatic rings. The third-order valence-electron chi connectivity index (χ3n) is 4.64. The molecule has 1 aliphatic carbocycles. The number of rotatable bonds is 10. The Bertz CT molecular complexity index is 384. The van der Waals surface area contributed by atoms with Gasteiger partial charge in [0.1, 0.15) is 5.92 Å². The maximum atomic E-state index is 12.4. The molecule has 1 rings (SSSR count). The molecule has 0 bridgehead atoms. The van der Waals surface area contributed by atoms with Crippen molar-refractivity contribution in [2.75, 3.05) is 6.61 Å². The molecular weight excluding hydrogens is 312 g/mol. The summed E-state index contributed by atoms with van der Waals surface area (Å²) >= 11 is 0.